The SMILES string of the molecule is CCC(CNC(=O)c1cc(S(=O)(=O)NCc2ccccc2)ccc1C)N1CCCC1. The average Bonchev–Trinajstić information content (AvgIpc) is 3.28. The Morgan fingerprint density at radius 3 is 2.47 bits per heavy atom. The third-order valence-corrected chi connectivity index (χ3v) is 7.10. The molecule has 0 bridgehead atoms. The van der Waals surface area contributed by atoms with Crippen molar-refractivity contribution in [2.45, 2.75) is 50.6 Å². The molecular formula is C23H31N3O3S. The van der Waals surface area contributed by atoms with Crippen molar-refractivity contribution >= 4 is 15.9 Å². The van der Waals surface area contributed by atoms with Crippen LogP contribution in [0.4, 0.5) is 0 Å². The lowest BCUT2D eigenvalue weighted by molar-refractivity contribution is 0.0936. The van der Waals surface area contributed by atoms with E-state index in [0.29, 0.717) is 18.2 Å². The Morgan fingerprint density at radius 1 is 1.10 bits per heavy atom. The van der Waals surface area contributed by atoms with E-state index in [1.807, 2.05) is 37.3 Å². The van der Waals surface area contributed by atoms with Crippen molar-refractivity contribution in [2.24, 2.45) is 0 Å². The number of benzene rings is 2. The lowest BCUT2D eigenvalue weighted by Gasteiger charge is -2.26. The molecule has 1 fully saturated rings. The molecule has 0 spiro atoms. The molecule has 1 aliphatic heterocycles. The number of hydrogen-bond donors (Lipinski definition) is 2. The molecule has 1 saturated heterocycles. The summed E-state index contributed by atoms with van der Waals surface area (Å²) in [4.78, 5) is 15.3. The van der Waals surface area contributed by atoms with Crippen LogP contribution >= 0.6 is 0 Å². The maximum Gasteiger partial charge on any atom is 0.251 e. The molecule has 30 heavy (non-hydrogen) atoms. The van der Waals surface area contributed by atoms with Crippen molar-refractivity contribution < 1.29 is 13.2 Å². The van der Waals surface area contributed by atoms with Gasteiger partial charge in [-0.15, -0.1) is 0 Å². The minimum absolute atomic E-state index is 0.0979. The first-order chi connectivity index (χ1) is 14.4. The van der Waals surface area contributed by atoms with Crippen LogP contribution in [0, 0.1) is 6.92 Å². The maximum absolute atomic E-state index is 12.8. The molecule has 1 aliphatic rings. The van der Waals surface area contributed by atoms with Crippen LogP contribution in [0.5, 0.6) is 0 Å². The molecule has 2 aromatic rings. The summed E-state index contributed by atoms with van der Waals surface area (Å²) in [5, 5.41) is 3.01. The van der Waals surface area contributed by atoms with Crippen LogP contribution < -0.4 is 10.0 Å². The molecule has 7 heteroatoms. The zero-order valence-corrected chi connectivity index (χ0v) is 18.5. The molecule has 1 heterocycles. The highest BCUT2D eigenvalue weighted by Crippen LogP contribution is 2.17. The van der Waals surface area contributed by atoms with Gasteiger partial charge in [0.1, 0.15) is 0 Å². The number of sulfonamides is 1. The van der Waals surface area contributed by atoms with E-state index in [1.165, 1.54) is 18.9 Å². The van der Waals surface area contributed by atoms with E-state index in [2.05, 4.69) is 21.9 Å². The number of likely N-dealkylation sites (tertiary alicyclic amines) is 1. The van der Waals surface area contributed by atoms with Crippen molar-refractivity contribution in [3.8, 4) is 0 Å². The second kappa shape index (κ2) is 10.2. The summed E-state index contributed by atoms with van der Waals surface area (Å²) in [5.74, 6) is -0.231. The number of rotatable bonds is 9. The highest BCUT2D eigenvalue weighted by atomic mass is 32.2. The molecule has 2 N–H and O–H groups in total. The second-order valence-corrected chi connectivity index (χ2v) is 9.57. The lowest BCUT2D eigenvalue weighted by atomic mass is 10.1. The van der Waals surface area contributed by atoms with Gasteiger partial charge in [-0.05, 0) is 62.5 Å². The highest BCUT2D eigenvalue weighted by Gasteiger charge is 2.22. The number of carbonyl (C=O) groups is 1. The number of hydrogen-bond acceptors (Lipinski definition) is 4. The van der Waals surface area contributed by atoms with Crippen LogP contribution in [0.3, 0.4) is 0 Å². The Kier molecular flexibility index (Phi) is 7.64. The quantitative estimate of drug-likeness (QED) is 0.642. The predicted octanol–water partition coefficient (Wildman–Crippen LogP) is 3.08. The first kappa shape index (κ1) is 22.5. The van der Waals surface area contributed by atoms with Crippen molar-refractivity contribution in [3.05, 3.63) is 65.2 Å². The van der Waals surface area contributed by atoms with Crippen molar-refractivity contribution in [1.82, 2.24) is 14.9 Å². The normalized spacial score (nSPS) is 15.8. The Balaban J connectivity index is 1.68. The van der Waals surface area contributed by atoms with Crippen LogP contribution in [0.1, 0.15) is 47.7 Å². The zero-order valence-electron chi connectivity index (χ0n) is 17.7. The monoisotopic (exact) mass is 429 g/mol. The zero-order chi connectivity index (χ0) is 21.6. The van der Waals surface area contributed by atoms with Crippen LogP contribution in [-0.2, 0) is 16.6 Å². The molecule has 162 valence electrons. The molecule has 1 unspecified atom stereocenters. The molecule has 0 aliphatic carbocycles. The predicted molar refractivity (Wildman–Crippen MR) is 119 cm³/mol. The van der Waals surface area contributed by atoms with Gasteiger partial charge in [-0.3, -0.25) is 9.69 Å². The van der Waals surface area contributed by atoms with Gasteiger partial charge in [0, 0.05) is 24.7 Å². The fourth-order valence-electron chi connectivity index (χ4n) is 3.81. The maximum atomic E-state index is 12.8. The van der Waals surface area contributed by atoms with Gasteiger partial charge in [0.2, 0.25) is 10.0 Å². The van der Waals surface area contributed by atoms with Crippen molar-refractivity contribution in [2.75, 3.05) is 19.6 Å². The van der Waals surface area contributed by atoms with Gasteiger partial charge in [-0.25, -0.2) is 13.1 Å². The van der Waals surface area contributed by atoms with Gasteiger partial charge in [-0.2, -0.15) is 0 Å². The van der Waals surface area contributed by atoms with E-state index >= 15 is 0 Å². The van der Waals surface area contributed by atoms with E-state index in [4.69, 9.17) is 0 Å². The van der Waals surface area contributed by atoms with Gasteiger partial charge in [-0.1, -0.05) is 43.3 Å². The molecule has 0 saturated carbocycles. The van der Waals surface area contributed by atoms with Crippen LogP contribution in [0.15, 0.2) is 53.4 Å². The van der Waals surface area contributed by atoms with Gasteiger partial charge in [0.25, 0.3) is 5.91 Å². The number of aryl methyl sites for hydroxylation is 1. The lowest BCUT2D eigenvalue weighted by Crippen LogP contribution is -2.42. The molecule has 0 aromatic heterocycles. The van der Waals surface area contributed by atoms with Crippen LogP contribution in [0.2, 0.25) is 0 Å². The van der Waals surface area contributed by atoms with Gasteiger partial charge < -0.3 is 5.32 Å². The van der Waals surface area contributed by atoms with Crippen molar-refractivity contribution in [1.29, 1.82) is 0 Å². The van der Waals surface area contributed by atoms with E-state index in [9.17, 15) is 13.2 Å². The molecule has 3 rings (SSSR count). The second-order valence-electron chi connectivity index (χ2n) is 7.80. The minimum Gasteiger partial charge on any atom is -0.350 e. The molecule has 1 amide bonds. The van der Waals surface area contributed by atoms with Crippen molar-refractivity contribution in [3.63, 3.8) is 0 Å². The first-order valence-corrected chi connectivity index (χ1v) is 12.1. The molecule has 2 aromatic carbocycles. The Bertz CT molecular complexity index is 955. The Morgan fingerprint density at radius 2 is 1.80 bits per heavy atom. The topological polar surface area (TPSA) is 78.5 Å². The fraction of sp³-hybridized carbons (Fsp3) is 0.435. The summed E-state index contributed by atoms with van der Waals surface area (Å²) in [6.45, 7) is 6.87. The van der Waals surface area contributed by atoms with Crippen LogP contribution in [-0.4, -0.2) is 44.9 Å². The average molecular weight is 430 g/mol. The van der Waals surface area contributed by atoms with E-state index in [1.54, 1.807) is 12.1 Å². The third-order valence-electron chi connectivity index (χ3n) is 5.70. The Hall–Kier alpha value is -2.22. The van der Waals surface area contributed by atoms with Crippen LogP contribution in [0.25, 0.3) is 0 Å². The highest BCUT2D eigenvalue weighted by molar-refractivity contribution is 7.89. The first-order valence-electron chi connectivity index (χ1n) is 10.6. The third kappa shape index (κ3) is 5.68. The number of amides is 1. The summed E-state index contributed by atoms with van der Waals surface area (Å²) in [6.07, 6.45) is 3.38. The van der Waals surface area contributed by atoms with E-state index < -0.39 is 10.0 Å². The number of carbonyl (C=O) groups excluding carboxylic acids is 1. The fourth-order valence-corrected chi connectivity index (χ4v) is 4.86. The molecule has 0 radical (unpaired) electrons. The van der Waals surface area contributed by atoms with Gasteiger partial charge in [0.15, 0.2) is 0 Å². The molecule has 6 nitrogen and oxygen atoms in total. The summed E-state index contributed by atoms with van der Waals surface area (Å²) in [5.41, 5.74) is 2.02. The van der Waals surface area contributed by atoms with Gasteiger partial charge in [0.05, 0.1) is 4.90 Å². The summed E-state index contributed by atoms with van der Waals surface area (Å²) in [7, 11) is -3.72. The smallest absolute Gasteiger partial charge is 0.251 e. The van der Waals surface area contributed by atoms with E-state index in [0.717, 1.165) is 30.6 Å². The number of nitrogens with zero attached hydrogens (tertiary/aromatic N) is 1. The summed E-state index contributed by atoms with van der Waals surface area (Å²) in [6, 6.07) is 14.3. The minimum atomic E-state index is -3.72. The summed E-state index contributed by atoms with van der Waals surface area (Å²) >= 11 is 0. The largest absolute Gasteiger partial charge is 0.350 e. The number of nitrogens with one attached hydrogen (secondary N) is 2. The standard InChI is InChI=1S/C23H31N3O3S/c1-3-20(26-13-7-8-14-26)17-24-23(27)22-15-21(12-11-18(22)2)30(28,29)25-16-19-9-5-4-6-10-19/h4-6,9-12,15,20,25H,3,7-8,13-14,16-17H2,1-2H3,(H,24,27). The Labute approximate surface area is 179 Å². The molecule has 1 atom stereocenters. The summed E-state index contributed by atoms with van der Waals surface area (Å²) < 4.78 is 28.1. The molecular weight excluding hydrogens is 398 g/mol. The van der Waals surface area contributed by atoms with Gasteiger partial charge >= 0.3 is 0 Å². The van der Waals surface area contributed by atoms with E-state index in [-0.39, 0.29) is 17.3 Å².